The van der Waals surface area contributed by atoms with Gasteiger partial charge >= 0.3 is 6.03 Å². The molecule has 15 nitrogen and oxygen atoms in total. The van der Waals surface area contributed by atoms with E-state index in [1.165, 1.54) is 7.11 Å². The van der Waals surface area contributed by atoms with Crippen LogP contribution >= 0.6 is 0 Å². The molecule has 0 radical (unpaired) electrons. The quantitative estimate of drug-likeness (QED) is 0.165. The van der Waals surface area contributed by atoms with E-state index in [0.29, 0.717) is 92.4 Å². The Morgan fingerprint density at radius 3 is 2.22 bits per heavy atom. The van der Waals surface area contributed by atoms with Crippen LogP contribution in [0.25, 0.3) is 0 Å². The molecule has 2 aliphatic heterocycles. The molecule has 0 aromatic heterocycles. The average molecular weight is 766 g/mol. The Balaban J connectivity index is 1.36. The van der Waals surface area contributed by atoms with Crippen molar-refractivity contribution >= 4 is 17.6 Å². The molecule has 55 heavy (non-hydrogen) atoms. The van der Waals surface area contributed by atoms with Gasteiger partial charge in [-0.3, -0.25) is 14.6 Å². The molecule has 0 spiro atoms. The zero-order valence-electron chi connectivity index (χ0n) is 32.5. The van der Waals surface area contributed by atoms with Crippen LogP contribution in [-0.2, 0) is 16.0 Å². The van der Waals surface area contributed by atoms with Gasteiger partial charge in [0.15, 0.2) is 11.5 Å². The monoisotopic (exact) mass is 765 g/mol. The van der Waals surface area contributed by atoms with Crippen molar-refractivity contribution in [2.45, 2.75) is 31.0 Å². The molecule has 3 atom stereocenters. The van der Waals surface area contributed by atoms with E-state index in [1.807, 2.05) is 23.1 Å². The minimum Gasteiger partial charge on any atom is -0.497 e. The third kappa shape index (κ3) is 11.5. The summed E-state index contributed by atoms with van der Waals surface area (Å²) < 4.78 is 38.5. The number of aliphatic hydroxyl groups is 1. The highest BCUT2D eigenvalue weighted by atomic mass is 16.5. The maximum atomic E-state index is 14.3. The average Bonchev–Trinajstić information content (AvgIpc) is 3.63. The number of aliphatic hydroxyl groups excluding tert-OH is 1. The Bertz CT molecular complexity index is 1670. The van der Waals surface area contributed by atoms with Crippen molar-refractivity contribution in [1.29, 1.82) is 0 Å². The van der Waals surface area contributed by atoms with Crippen molar-refractivity contribution in [3.05, 3.63) is 66.2 Å². The highest BCUT2D eigenvalue weighted by Gasteiger charge is 2.41. The van der Waals surface area contributed by atoms with Crippen molar-refractivity contribution in [2.75, 3.05) is 106 Å². The van der Waals surface area contributed by atoms with Crippen LogP contribution in [0.4, 0.5) is 10.5 Å². The SMILES string of the molecule is COc1ccc(OCC(O)CN2CC(N(CCc3ccc(OC)c(OC)c3)C(=O)Nc3cc(OC)ccc3OC)CC2C(=O)NCCN2CCOCC2)cc1. The third-order valence-electron chi connectivity index (χ3n) is 9.90. The van der Waals surface area contributed by atoms with E-state index in [4.69, 9.17) is 33.2 Å². The lowest BCUT2D eigenvalue weighted by Gasteiger charge is -2.30. The number of methoxy groups -OCH3 is 5. The number of hydrogen-bond donors (Lipinski definition) is 3. The Kier molecular flexibility index (Phi) is 15.5. The van der Waals surface area contributed by atoms with Crippen LogP contribution in [-0.4, -0.2) is 151 Å². The first-order valence-electron chi connectivity index (χ1n) is 18.5. The second-order valence-electron chi connectivity index (χ2n) is 13.4. The molecule has 0 bridgehead atoms. The van der Waals surface area contributed by atoms with E-state index < -0.39 is 12.1 Å². The highest BCUT2D eigenvalue weighted by molar-refractivity contribution is 5.92. The number of β-amino-alcohol motifs (C(OH)–C–C–N with tert-alkyl or cyclic N) is 1. The summed E-state index contributed by atoms with van der Waals surface area (Å²) in [4.78, 5) is 34.2. The molecule has 3 unspecified atom stereocenters. The lowest BCUT2D eigenvalue weighted by atomic mass is 10.1. The first kappa shape index (κ1) is 41.2. The number of ether oxygens (including phenoxy) is 7. The Labute approximate surface area is 323 Å². The van der Waals surface area contributed by atoms with Crippen LogP contribution in [0.2, 0.25) is 0 Å². The van der Waals surface area contributed by atoms with E-state index >= 15 is 0 Å². The Hall–Kier alpha value is -4.96. The van der Waals surface area contributed by atoms with Gasteiger partial charge in [0, 0.05) is 57.9 Å². The molecular formula is C40H55N5O10. The minimum absolute atomic E-state index is 0.0119. The number of anilines is 1. The molecule has 0 saturated carbocycles. The second kappa shape index (κ2) is 20.6. The van der Waals surface area contributed by atoms with Gasteiger partial charge in [-0.2, -0.15) is 0 Å². The lowest BCUT2D eigenvalue weighted by molar-refractivity contribution is -0.126. The van der Waals surface area contributed by atoms with E-state index in [-0.39, 0.29) is 31.1 Å². The predicted octanol–water partition coefficient (Wildman–Crippen LogP) is 3.14. The molecule has 2 saturated heterocycles. The van der Waals surface area contributed by atoms with E-state index in [2.05, 4.69) is 15.5 Å². The topological polar surface area (TPSA) is 153 Å². The number of carbonyl (C=O) groups excluding carboxylic acids is 2. The predicted molar refractivity (Wildman–Crippen MR) is 207 cm³/mol. The van der Waals surface area contributed by atoms with Crippen LogP contribution < -0.4 is 39.1 Å². The summed E-state index contributed by atoms with van der Waals surface area (Å²) in [5.41, 5.74) is 1.38. The van der Waals surface area contributed by atoms with Crippen LogP contribution in [0.5, 0.6) is 34.5 Å². The summed E-state index contributed by atoms with van der Waals surface area (Å²) in [5, 5.41) is 17.4. The van der Waals surface area contributed by atoms with Crippen LogP contribution in [0.3, 0.4) is 0 Å². The van der Waals surface area contributed by atoms with Crippen LogP contribution in [0.15, 0.2) is 60.7 Å². The molecule has 0 aliphatic carbocycles. The number of likely N-dealkylation sites (tertiary alicyclic amines) is 1. The van der Waals surface area contributed by atoms with Crippen molar-refractivity contribution < 1.29 is 47.9 Å². The second-order valence-corrected chi connectivity index (χ2v) is 13.4. The molecule has 2 heterocycles. The van der Waals surface area contributed by atoms with Gasteiger partial charge in [-0.1, -0.05) is 6.07 Å². The number of benzene rings is 3. The molecule has 2 aliphatic rings. The molecule has 3 aromatic rings. The molecule has 15 heteroatoms. The summed E-state index contributed by atoms with van der Waals surface area (Å²) >= 11 is 0. The summed E-state index contributed by atoms with van der Waals surface area (Å²) in [7, 11) is 7.85. The number of morpholine rings is 1. The number of nitrogens with zero attached hydrogens (tertiary/aromatic N) is 3. The number of hydrogen-bond acceptors (Lipinski definition) is 12. The van der Waals surface area contributed by atoms with Gasteiger partial charge in [-0.05, 0) is 66.9 Å². The van der Waals surface area contributed by atoms with E-state index in [0.717, 1.165) is 18.7 Å². The van der Waals surface area contributed by atoms with Gasteiger partial charge in [0.25, 0.3) is 0 Å². The lowest BCUT2D eigenvalue weighted by Crippen LogP contribution is -2.48. The number of urea groups is 1. The Morgan fingerprint density at radius 1 is 0.855 bits per heavy atom. The minimum atomic E-state index is -0.917. The van der Waals surface area contributed by atoms with Crippen molar-refractivity contribution in [2.24, 2.45) is 0 Å². The Morgan fingerprint density at radius 2 is 1.53 bits per heavy atom. The van der Waals surface area contributed by atoms with E-state index in [9.17, 15) is 14.7 Å². The first-order valence-corrected chi connectivity index (χ1v) is 18.5. The van der Waals surface area contributed by atoms with Crippen molar-refractivity contribution in [1.82, 2.24) is 20.0 Å². The smallest absolute Gasteiger partial charge is 0.322 e. The molecule has 3 N–H and O–H groups in total. The summed E-state index contributed by atoms with van der Waals surface area (Å²) in [6.07, 6.45) is -0.0715. The van der Waals surface area contributed by atoms with Gasteiger partial charge in [0.2, 0.25) is 5.91 Å². The fraction of sp³-hybridized carbons (Fsp3) is 0.500. The van der Waals surface area contributed by atoms with E-state index in [1.54, 1.807) is 75.8 Å². The van der Waals surface area contributed by atoms with Crippen LogP contribution in [0, 0.1) is 0 Å². The first-order chi connectivity index (χ1) is 26.7. The molecule has 5 rings (SSSR count). The summed E-state index contributed by atoms with van der Waals surface area (Å²) in [6.45, 7) is 4.97. The number of amides is 3. The standard InChI is InChI=1S/C40H55N5O10/c1-49-31-7-9-32(10-8-31)55-27-30(46)26-44-25-29(23-35(44)39(47)41-15-17-43-18-20-54-21-19-43)45(16-14-28-6-12-37(52-4)38(22-28)53-5)40(48)42-34-24-33(50-2)11-13-36(34)51-3/h6-13,22,24,29-30,35,46H,14-21,23,25-27H2,1-5H3,(H,41,47)(H,42,48). The summed E-state index contributed by atoms with van der Waals surface area (Å²) in [6, 6.07) is 16.6. The molecule has 3 amide bonds. The molecule has 300 valence electrons. The number of carbonyl (C=O) groups is 2. The third-order valence-corrected chi connectivity index (χ3v) is 9.90. The summed E-state index contributed by atoms with van der Waals surface area (Å²) in [5.74, 6) is 3.34. The fourth-order valence-corrected chi connectivity index (χ4v) is 6.88. The fourth-order valence-electron chi connectivity index (χ4n) is 6.88. The zero-order valence-corrected chi connectivity index (χ0v) is 32.5. The van der Waals surface area contributed by atoms with Gasteiger partial charge in [0.05, 0.1) is 60.5 Å². The highest BCUT2D eigenvalue weighted by Crippen LogP contribution is 2.32. The zero-order chi connectivity index (χ0) is 39.2. The van der Waals surface area contributed by atoms with Gasteiger partial charge in [0.1, 0.15) is 35.7 Å². The maximum absolute atomic E-state index is 14.3. The van der Waals surface area contributed by atoms with Crippen molar-refractivity contribution in [3.63, 3.8) is 0 Å². The van der Waals surface area contributed by atoms with Crippen molar-refractivity contribution in [3.8, 4) is 34.5 Å². The van der Waals surface area contributed by atoms with Gasteiger partial charge in [-0.25, -0.2) is 4.79 Å². The normalized spacial score (nSPS) is 17.9. The number of nitrogens with one attached hydrogen (secondary N) is 2. The van der Waals surface area contributed by atoms with Crippen LogP contribution in [0.1, 0.15) is 12.0 Å². The van der Waals surface area contributed by atoms with Gasteiger partial charge in [-0.15, -0.1) is 0 Å². The van der Waals surface area contributed by atoms with Gasteiger partial charge < -0.3 is 53.8 Å². The number of rotatable bonds is 19. The molecule has 2 fully saturated rings. The molecular weight excluding hydrogens is 710 g/mol. The largest absolute Gasteiger partial charge is 0.497 e. The molecule has 3 aromatic carbocycles. The maximum Gasteiger partial charge on any atom is 0.322 e.